The summed E-state index contributed by atoms with van der Waals surface area (Å²) in [4.78, 5) is 8.67. The summed E-state index contributed by atoms with van der Waals surface area (Å²) in [5.74, 6) is 1.10. The molecule has 1 aliphatic rings. The van der Waals surface area contributed by atoms with Gasteiger partial charge in [-0.1, -0.05) is 6.07 Å². The van der Waals surface area contributed by atoms with Crippen LogP contribution in [0.2, 0.25) is 0 Å². The molecule has 1 atom stereocenters. The van der Waals surface area contributed by atoms with Gasteiger partial charge in [-0.2, -0.15) is 0 Å². The molecule has 3 heterocycles. The number of aromatic nitrogens is 3. The molecule has 0 spiro atoms. The molecule has 0 unspecified atom stereocenters. The summed E-state index contributed by atoms with van der Waals surface area (Å²) < 4.78 is 28.7. The quantitative estimate of drug-likeness (QED) is 0.831. The van der Waals surface area contributed by atoms with Crippen LogP contribution in [-0.4, -0.2) is 45.6 Å². The molecule has 24 heavy (non-hydrogen) atoms. The van der Waals surface area contributed by atoms with Crippen molar-refractivity contribution in [3.63, 3.8) is 0 Å². The highest BCUT2D eigenvalue weighted by Crippen LogP contribution is 2.28. The zero-order chi connectivity index (χ0) is 17.2. The van der Waals surface area contributed by atoms with Crippen LogP contribution < -0.4 is 0 Å². The Kier molecular flexibility index (Phi) is 5.01. The lowest BCUT2D eigenvalue weighted by molar-refractivity contribution is 0.303. The SMILES string of the molecule is CC(C)S(=O)(=O)N1CCC[C@H](c2nccn2Cc2cccnc2)C1. The van der Waals surface area contributed by atoms with E-state index in [1.807, 2.05) is 24.5 Å². The Morgan fingerprint density at radius 1 is 1.33 bits per heavy atom. The largest absolute Gasteiger partial charge is 0.330 e. The van der Waals surface area contributed by atoms with Crippen molar-refractivity contribution < 1.29 is 8.42 Å². The van der Waals surface area contributed by atoms with Gasteiger partial charge >= 0.3 is 0 Å². The van der Waals surface area contributed by atoms with Gasteiger partial charge in [-0.15, -0.1) is 0 Å². The van der Waals surface area contributed by atoms with Crippen LogP contribution in [0.15, 0.2) is 36.9 Å². The molecule has 1 fully saturated rings. The van der Waals surface area contributed by atoms with E-state index < -0.39 is 10.0 Å². The predicted octanol–water partition coefficient (Wildman–Crippen LogP) is 2.24. The topological polar surface area (TPSA) is 68.1 Å². The Hall–Kier alpha value is -1.73. The molecule has 0 aliphatic carbocycles. The number of hydrogen-bond donors (Lipinski definition) is 0. The van der Waals surface area contributed by atoms with Crippen LogP contribution in [0.25, 0.3) is 0 Å². The van der Waals surface area contributed by atoms with E-state index in [0.29, 0.717) is 19.6 Å². The zero-order valence-corrected chi connectivity index (χ0v) is 15.0. The summed E-state index contributed by atoms with van der Waals surface area (Å²) in [6.07, 6.45) is 9.19. The number of sulfonamides is 1. The van der Waals surface area contributed by atoms with Gasteiger partial charge < -0.3 is 4.57 Å². The van der Waals surface area contributed by atoms with E-state index in [0.717, 1.165) is 24.2 Å². The average molecular weight is 348 g/mol. The second-order valence-electron chi connectivity index (χ2n) is 6.57. The fraction of sp³-hybridized carbons (Fsp3) is 0.529. The van der Waals surface area contributed by atoms with Crippen molar-refractivity contribution in [2.75, 3.05) is 13.1 Å². The third kappa shape index (κ3) is 3.52. The van der Waals surface area contributed by atoms with Crippen LogP contribution in [0.3, 0.4) is 0 Å². The molecule has 6 nitrogen and oxygen atoms in total. The first-order valence-electron chi connectivity index (χ1n) is 8.37. The van der Waals surface area contributed by atoms with Crippen LogP contribution in [0, 0.1) is 0 Å². The molecule has 0 saturated carbocycles. The Labute approximate surface area is 143 Å². The summed E-state index contributed by atoms with van der Waals surface area (Å²) >= 11 is 0. The second-order valence-corrected chi connectivity index (χ2v) is 9.05. The Morgan fingerprint density at radius 3 is 2.88 bits per heavy atom. The smallest absolute Gasteiger partial charge is 0.216 e. The molecular formula is C17H24N4O2S. The fourth-order valence-electron chi connectivity index (χ4n) is 3.19. The fourth-order valence-corrected chi connectivity index (χ4v) is 4.55. The van der Waals surface area contributed by atoms with Gasteiger partial charge in [-0.3, -0.25) is 4.98 Å². The minimum absolute atomic E-state index is 0.138. The van der Waals surface area contributed by atoms with Crippen LogP contribution in [0.4, 0.5) is 0 Å². The number of hydrogen-bond acceptors (Lipinski definition) is 4. The van der Waals surface area contributed by atoms with E-state index in [1.54, 1.807) is 30.5 Å². The van der Waals surface area contributed by atoms with Crippen molar-refractivity contribution in [1.82, 2.24) is 18.8 Å². The maximum absolute atomic E-state index is 12.5. The van der Waals surface area contributed by atoms with E-state index in [-0.39, 0.29) is 11.2 Å². The molecule has 7 heteroatoms. The van der Waals surface area contributed by atoms with Crippen molar-refractivity contribution in [1.29, 1.82) is 0 Å². The number of nitrogens with zero attached hydrogens (tertiary/aromatic N) is 4. The third-order valence-corrected chi connectivity index (χ3v) is 6.77. The second kappa shape index (κ2) is 7.03. The number of imidazole rings is 1. The average Bonchev–Trinajstić information content (AvgIpc) is 3.04. The zero-order valence-electron chi connectivity index (χ0n) is 14.2. The minimum Gasteiger partial charge on any atom is -0.330 e. The summed E-state index contributed by atoms with van der Waals surface area (Å²) in [6.45, 7) is 5.31. The van der Waals surface area contributed by atoms with Crippen molar-refractivity contribution in [3.05, 3.63) is 48.3 Å². The van der Waals surface area contributed by atoms with E-state index in [9.17, 15) is 8.42 Å². The van der Waals surface area contributed by atoms with Crippen molar-refractivity contribution in [3.8, 4) is 0 Å². The molecule has 0 N–H and O–H groups in total. The van der Waals surface area contributed by atoms with Gasteiger partial charge in [-0.05, 0) is 38.3 Å². The van der Waals surface area contributed by atoms with Gasteiger partial charge in [0, 0.05) is 43.8 Å². The molecule has 2 aromatic heterocycles. The maximum atomic E-state index is 12.5. The normalized spacial score (nSPS) is 19.7. The number of rotatable bonds is 5. The highest BCUT2D eigenvalue weighted by molar-refractivity contribution is 7.89. The first-order valence-corrected chi connectivity index (χ1v) is 9.87. The van der Waals surface area contributed by atoms with Crippen molar-refractivity contribution in [2.45, 2.75) is 44.4 Å². The predicted molar refractivity (Wildman–Crippen MR) is 93.2 cm³/mol. The van der Waals surface area contributed by atoms with E-state index in [2.05, 4.69) is 14.5 Å². The molecule has 0 aromatic carbocycles. The van der Waals surface area contributed by atoms with Gasteiger partial charge in [0.1, 0.15) is 5.82 Å². The Balaban J connectivity index is 1.79. The van der Waals surface area contributed by atoms with Crippen molar-refractivity contribution in [2.24, 2.45) is 0 Å². The molecule has 0 bridgehead atoms. The highest BCUT2D eigenvalue weighted by atomic mass is 32.2. The Morgan fingerprint density at radius 2 is 2.17 bits per heavy atom. The third-order valence-electron chi connectivity index (χ3n) is 4.53. The van der Waals surface area contributed by atoms with E-state index >= 15 is 0 Å². The van der Waals surface area contributed by atoms with E-state index in [1.165, 1.54) is 0 Å². The first kappa shape index (κ1) is 17.1. The van der Waals surface area contributed by atoms with Gasteiger partial charge in [0.05, 0.1) is 11.8 Å². The lowest BCUT2D eigenvalue weighted by atomic mass is 9.98. The summed E-state index contributed by atoms with van der Waals surface area (Å²) in [6, 6.07) is 3.96. The lowest BCUT2D eigenvalue weighted by Gasteiger charge is -2.33. The van der Waals surface area contributed by atoms with Gasteiger partial charge in [0.15, 0.2) is 0 Å². The first-order chi connectivity index (χ1) is 11.5. The summed E-state index contributed by atoms with van der Waals surface area (Å²) in [5.41, 5.74) is 1.11. The minimum atomic E-state index is -3.21. The number of piperidine rings is 1. The molecule has 130 valence electrons. The molecular weight excluding hydrogens is 324 g/mol. The van der Waals surface area contributed by atoms with Gasteiger partial charge in [0.2, 0.25) is 10.0 Å². The van der Waals surface area contributed by atoms with Crippen LogP contribution in [0.1, 0.15) is 44.0 Å². The standard InChI is InChI=1S/C17H24N4O2S/c1-14(2)24(22,23)21-9-4-6-16(13-21)17-19-8-10-20(17)12-15-5-3-7-18-11-15/h3,5,7-8,10-11,14,16H,4,6,9,12-13H2,1-2H3/t16-/m0/s1. The number of pyridine rings is 1. The van der Waals surface area contributed by atoms with Crippen LogP contribution in [-0.2, 0) is 16.6 Å². The van der Waals surface area contributed by atoms with E-state index in [4.69, 9.17) is 0 Å². The van der Waals surface area contributed by atoms with Gasteiger partial charge in [-0.25, -0.2) is 17.7 Å². The van der Waals surface area contributed by atoms with Crippen LogP contribution >= 0.6 is 0 Å². The molecule has 0 amide bonds. The summed E-state index contributed by atoms with van der Waals surface area (Å²) in [7, 11) is -3.21. The van der Waals surface area contributed by atoms with Crippen molar-refractivity contribution >= 4 is 10.0 Å². The molecule has 1 aliphatic heterocycles. The van der Waals surface area contributed by atoms with Crippen LogP contribution in [0.5, 0.6) is 0 Å². The summed E-state index contributed by atoms with van der Waals surface area (Å²) in [5, 5.41) is -0.383. The molecule has 0 radical (unpaired) electrons. The maximum Gasteiger partial charge on any atom is 0.216 e. The highest BCUT2D eigenvalue weighted by Gasteiger charge is 2.33. The lowest BCUT2D eigenvalue weighted by Crippen LogP contribution is -2.42. The molecule has 1 saturated heterocycles. The monoisotopic (exact) mass is 348 g/mol. The molecule has 2 aromatic rings. The van der Waals surface area contributed by atoms with Gasteiger partial charge in [0.25, 0.3) is 0 Å². The Bertz CT molecular complexity index is 771. The molecule has 3 rings (SSSR count).